The predicted octanol–water partition coefficient (Wildman–Crippen LogP) is 4.41. The molecule has 6 nitrogen and oxygen atoms in total. The van der Waals surface area contributed by atoms with Gasteiger partial charge in [-0.15, -0.1) is 13.2 Å². The molecule has 30 heavy (non-hydrogen) atoms. The van der Waals surface area contributed by atoms with E-state index in [2.05, 4.69) is 21.6 Å². The number of benzene rings is 1. The van der Waals surface area contributed by atoms with Crippen LogP contribution in [-0.2, 0) is 9.53 Å². The molecule has 0 radical (unpaired) electrons. The van der Waals surface area contributed by atoms with E-state index in [4.69, 9.17) is 4.74 Å². The minimum atomic E-state index is -4.85. The zero-order valence-electron chi connectivity index (χ0n) is 16.6. The number of carbonyl (C=O) groups is 1. The minimum absolute atomic E-state index is 0.0453. The molecule has 0 saturated carbocycles. The molecule has 0 amide bonds. The lowest BCUT2D eigenvalue weighted by Gasteiger charge is -2.24. The van der Waals surface area contributed by atoms with E-state index in [0.29, 0.717) is 0 Å². The van der Waals surface area contributed by atoms with E-state index in [9.17, 15) is 18.0 Å². The highest BCUT2D eigenvalue weighted by Gasteiger charge is 2.32. The number of allylic oxidation sites excluding steroid dienone is 3. The van der Waals surface area contributed by atoms with Gasteiger partial charge in [-0.3, -0.25) is 4.79 Å². The average molecular weight is 421 g/mol. The summed E-state index contributed by atoms with van der Waals surface area (Å²) in [6, 6.07) is 5.58. The normalized spacial score (nSPS) is 15.4. The molecule has 0 atom stereocenters. The van der Waals surface area contributed by atoms with Crippen LogP contribution in [0.1, 0.15) is 6.92 Å². The first kappa shape index (κ1) is 22.8. The zero-order valence-corrected chi connectivity index (χ0v) is 16.6. The number of anilines is 1. The van der Waals surface area contributed by atoms with Crippen molar-refractivity contribution in [2.45, 2.75) is 13.3 Å². The number of ether oxygens (including phenoxy) is 2. The van der Waals surface area contributed by atoms with E-state index in [-0.39, 0.29) is 36.3 Å². The number of nitrogens with zero attached hydrogens (tertiary/aromatic N) is 2. The Labute approximate surface area is 172 Å². The third kappa shape index (κ3) is 6.54. The molecule has 0 unspecified atom stereocenters. The molecule has 9 heteroatoms. The number of aliphatic imine (C=N–C) groups is 1. The van der Waals surface area contributed by atoms with E-state index in [1.54, 1.807) is 23.1 Å². The molecule has 1 aromatic rings. The van der Waals surface area contributed by atoms with Crippen LogP contribution in [0.2, 0.25) is 0 Å². The lowest BCUT2D eigenvalue weighted by atomic mass is 10.2. The van der Waals surface area contributed by atoms with Crippen LogP contribution in [0.3, 0.4) is 0 Å². The molecular weight excluding hydrogens is 399 g/mol. The first-order chi connectivity index (χ1) is 14.3. The number of para-hydroxylation sites is 2. The van der Waals surface area contributed by atoms with Crippen LogP contribution in [0, 0.1) is 0 Å². The van der Waals surface area contributed by atoms with Crippen molar-refractivity contribution in [3.8, 4) is 5.75 Å². The minimum Gasteiger partial charge on any atom is -0.491 e. The van der Waals surface area contributed by atoms with Gasteiger partial charge < -0.3 is 19.7 Å². The molecule has 2 rings (SSSR count). The summed E-state index contributed by atoms with van der Waals surface area (Å²) in [5.74, 6) is -0.529. The molecule has 0 aromatic heterocycles. The van der Waals surface area contributed by atoms with Crippen molar-refractivity contribution in [3.05, 3.63) is 72.7 Å². The van der Waals surface area contributed by atoms with Crippen LogP contribution in [0.4, 0.5) is 18.9 Å². The van der Waals surface area contributed by atoms with E-state index in [1.807, 2.05) is 19.1 Å². The van der Waals surface area contributed by atoms with E-state index < -0.39 is 12.1 Å². The predicted molar refractivity (Wildman–Crippen MR) is 109 cm³/mol. The standard InChI is InChI=1S/C21H22F3N3O3/c1-4-6-9-15(5-2)13-27-14-19(29-3)17(28)12-25-20(27)26-16-10-7-8-11-18(16)30-21(22,23)24/h4-11,14H,1,12-13H2,2-3H3,(H,25,26)/b9-6-,15-5+. The van der Waals surface area contributed by atoms with Gasteiger partial charge in [0.25, 0.3) is 0 Å². The fraction of sp³-hybridized carbons (Fsp3) is 0.238. The first-order valence-electron chi connectivity index (χ1n) is 8.93. The monoisotopic (exact) mass is 421 g/mol. The van der Waals surface area contributed by atoms with Crippen LogP contribution in [0.15, 0.2) is 77.7 Å². The number of methoxy groups -OCH3 is 1. The lowest BCUT2D eigenvalue weighted by molar-refractivity contribution is -0.274. The van der Waals surface area contributed by atoms with Gasteiger partial charge in [0.05, 0.1) is 25.5 Å². The molecule has 0 spiro atoms. The van der Waals surface area contributed by atoms with Crippen molar-refractivity contribution >= 4 is 17.4 Å². The number of hydrogen-bond acceptors (Lipinski definition) is 6. The van der Waals surface area contributed by atoms with Crippen LogP contribution in [0.5, 0.6) is 5.75 Å². The Bertz CT molecular complexity index is 902. The maximum Gasteiger partial charge on any atom is 0.573 e. The quantitative estimate of drug-likeness (QED) is 0.661. The summed E-state index contributed by atoms with van der Waals surface area (Å²) < 4.78 is 47.4. The van der Waals surface area contributed by atoms with Gasteiger partial charge in [-0.25, -0.2) is 4.99 Å². The number of ketones is 1. The van der Waals surface area contributed by atoms with Crippen molar-refractivity contribution < 1.29 is 27.4 Å². The second kappa shape index (κ2) is 10.3. The van der Waals surface area contributed by atoms with Crippen molar-refractivity contribution in [2.75, 3.05) is 25.5 Å². The van der Waals surface area contributed by atoms with Gasteiger partial charge in [0, 0.05) is 0 Å². The van der Waals surface area contributed by atoms with Crippen LogP contribution in [0.25, 0.3) is 0 Å². The van der Waals surface area contributed by atoms with Crippen molar-refractivity contribution in [2.24, 2.45) is 4.99 Å². The topological polar surface area (TPSA) is 63.2 Å². The summed E-state index contributed by atoms with van der Waals surface area (Å²) in [4.78, 5) is 18.0. The van der Waals surface area contributed by atoms with Crippen molar-refractivity contribution in [3.63, 3.8) is 0 Å². The van der Waals surface area contributed by atoms with Gasteiger partial charge in [0.1, 0.15) is 6.54 Å². The van der Waals surface area contributed by atoms with Gasteiger partial charge in [-0.05, 0) is 24.6 Å². The number of halogens is 3. The molecule has 1 N–H and O–H groups in total. The fourth-order valence-corrected chi connectivity index (χ4v) is 2.52. The van der Waals surface area contributed by atoms with Gasteiger partial charge in [-0.1, -0.05) is 43.0 Å². The summed E-state index contributed by atoms with van der Waals surface area (Å²) in [6.45, 7) is 5.51. The number of hydrogen-bond donors (Lipinski definition) is 1. The fourth-order valence-electron chi connectivity index (χ4n) is 2.52. The second-order valence-electron chi connectivity index (χ2n) is 6.02. The Balaban J connectivity index is 2.40. The maximum atomic E-state index is 12.7. The number of rotatable bonds is 7. The number of nitrogens with one attached hydrogen (secondary N) is 1. The van der Waals surface area contributed by atoms with Crippen LogP contribution in [-0.4, -0.2) is 43.2 Å². The Morgan fingerprint density at radius 3 is 2.73 bits per heavy atom. The van der Waals surface area contributed by atoms with Crippen molar-refractivity contribution in [1.82, 2.24) is 4.90 Å². The average Bonchev–Trinajstić information content (AvgIpc) is 2.84. The van der Waals surface area contributed by atoms with Gasteiger partial charge >= 0.3 is 6.36 Å². The molecule has 0 saturated heterocycles. The molecule has 0 aliphatic carbocycles. The summed E-state index contributed by atoms with van der Waals surface area (Å²) >= 11 is 0. The third-order valence-corrected chi connectivity index (χ3v) is 3.94. The number of carbonyl (C=O) groups excluding carboxylic acids is 1. The largest absolute Gasteiger partial charge is 0.573 e. The number of guanidine groups is 1. The Morgan fingerprint density at radius 2 is 2.10 bits per heavy atom. The Kier molecular flexibility index (Phi) is 7.85. The zero-order chi connectivity index (χ0) is 22.1. The van der Waals surface area contributed by atoms with Crippen LogP contribution < -0.4 is 10.1 Å². The highest BCUT2D eigenvalue weighted by atomic mass is 19.4. The van der Waals surface area contributed by atoms with Crippen molar-refractivity contribution in [1.29, 1.82) is 0 Å². The molecule has 1 aromatic carbocycles. The molecule has 160 valence electrons. The van der Waals surface area contributed by atoms with Gasteiger partial charge in [0.15, 0.2) is 11.5 Å². The Hall–Kier alpha value is -3.49. The molecular formula is C21H22F3N3O3. The second-order valence-corrected chi connectivity index (χ2v) is 6.02. The van der Waals surface area contributed by atoms with E-state index >= 15 is 0 Å². The molecule has 1 aliphatic heterocycles. The highest BCUT2D eigenvalue weighted by molar-refractivity contribution is 6.02. The molecule has 1 heterocycles. The summed E-state index contributed by atoms with van der Waals surface area (Å²) in [6.07, 6.45) is 3.64. The van der Waals surface area contributed by atoms with Gasteiger partial charge in [-0.2, -0.15) is 0 Å². The Morgan fingerprint density at radius 1 is 1.37 bits per heavy atom. The maximum absolute atomic E-state index is 12.7. The molecule has 0 bridgehead atoms. The van der Waals surface area contributed by atoms with Gasteiger partial charge in [0.2, 0.25) is 11.7 Å². The SMILES string of the molecule is C=C/C=C\C(=C/C)CN1C=C(OC)C(=O)CN=C1Nc1ccccc1OC(F)(F)F. The summed E-state index contributed by atoms with van der Waals surface area (Å²) in [5.41, 5.74) is 0.897. The first-order valence-corrected chi connectivity index (χ1v) is 8.93. The van der Waals surface area contributed by atoms with E-state index in [1.165, 1.54) is 31.5 Å². The number of Topliss-reactive ketones (excluding diaryl/α,β-unsaturated/α-hetero) is 1. The smallest absolute Gasteiger partial charge is 0.491 e. The van der Waals surface area contributed by atoms with Crippen LogP contribution >= 0.6 is 0 Å². The summed E-state index contributed by atoms with van der Waals surface area (Å²) in [7, 11) is 1.36. The summed E-state index contributed by atoms with van der Waals surface area (Å²) in [5, 5.41) is 2.84. The highest BCUT2D eigenvalue weighted by Crippen LogP contribution is 2.30. The van der Waals surface area contributed by atoms with E-state index in [0.717, 1.165) is 5.57 Å². The third-order valence-electron chi connectivity index (χ3n) is 3.94. The molecule has 1 aliphatic rings. The molecule has 0 fully saturated rings. The number of alkyl halides is 3. The lowest BCUT2D eigenvalue weighted by Crippen LogP contribution is -2.34.